The molecule has 6 heteroatoms. The molecular formula is C17H16ClFN2O2. The summed E-state index contributed by atoms with van der Waals surface area (Å²) in [6.45, 7) is 2.94. The quantitative estimate of drug-likeness (QED) is 0.925. The third-order valence-electron chi connectivity index (χ3n) is 3.29. The van der Waals surface area contributed by atoms with Crippen molar-refractivity contribution >= 4 is 34.8 Å². The van der Waals surface area contributed by atoms with Gasteiger partial charge in [0.05, 0.1) is 5.69 Å². The molecule has 2 aromatic carbocycles. The first kappa shape index (κ1) is 17.0. The number of halogens is 2. The second-order valence-electron chi connectivity index (χ2n) is 5.06. The number of benzene rings is 2. The number of carbonyl (C=O) groups excluding carboxylic acids is 2. The Morgan fingerprint density at radius 3 is 2.57 bits per heavy atom. The van der Waals surface area contributed by atoms with Gasteiger partial charge >= 0.3 is 0 Å². The molecule has 2 aromatic rings. The number of para-hydroxylation sites is 1. The number of carbonyl (C=O) groups is 2. The van der Waals surface area contributed by atoms with Crippen molar-refractivity contribution in [2.45, 2.75) is 13.8 Å². The minimum absolute atomic E-state index is 0.0730. The van der Waals surface area contributed by atoms with Crippen molar-refractivity contribution in [3.8, 4) is 0 Å². The van der Waals surface area contributed by atoms with Gasteiger partial charge in [-0.2, -0.15) is 0 Å². The lowest BCUT2D eigenvalue weighted by Gasteiger charge is -2.23. The van der Waals surface area contributed by atoms with Gasteiger partial charge in [0.1, 0.15) is 12.4 Å². The van der Waals surface area contributed by atoms with E-state index < -0.39 is 11.7 Å². The molecule has 0 radical (unpaired) electrons. The molecule has 2 rings (SSSR count). The van der Waals surface area contributed by atoms with Crippen LogP contribution in [0.15, 0.2) is 42.5 Å². The van der Waals surface area contributed by atoms with Crippen molar-refractivity contribution in [2.24, 2.45) is 0 Å². The van der Waals surface area contributed by atoms with E-state index in [-0.39, 0.29) is 18.1 Å². The second-order valence-corrected chi connectivity index (χ2v) is 5.50. The Hall–Kier alpha value is -2.40. The van der Waals surface area contributed by atoms with Gasteiger partial charge in [0, 0.05) is 17.6 Å². The molecule has 2 amide bonds. The molecule has 0 saturated heterocycles. The number of hydrogen-bond acceptors (Lipinski definition) is 2. The van der Waals surface area contributed by atoms with Crippen LogP contribution in [0.1, 0.15) is 12.5 Å². The SMILES string of the molecule is CC(=O)N(CC(=O)Nc1ccccc1F)c1cc(Cl)ccc1C. The van der Waals surface area contributed by atoms with Crippen molar-refractivity contribution in [2.75, 3.05) is 16.8 Å². The zero-order valence-electron chi connectivity index (χ0n) is 12.8. The molecule has 1 N–H and O–H groups in total. The average molecular weight is 335 g/mol. The van der Waals surface area contributed by atoms with Crippen LogP contribution >= 0.6 is 11.6 Å². The van der Waals surface area contributed by atoms with Crippen molar-refractivity contribution in [3.63, 3.8) is 0 Å². The maximum Gasteiger partial charge on any atom is 0.244 e. The predicted octanol–water partition coefficient (Wildman–Crippen LogP) is 3.78. The van der Waals surface area contributed by atoms with Crippen LogP contribution < -0.4 is 10.2 Å². The van der Waals surface area contributed by atoms with Gasteiger partial charge in [0.25, 0.3) is 0 Å². The molecule has 0 aliphatic heterocycles. The van der Waals surface area contributed by atoms with Crippen LogP contribution in [0, 0.1) is 12.7 Å². The van der Waals surface area contributed by atoms with Crippen LogP contribution in [0.3, 0.4) is 0 Å². The Bertz CT molecular complexity index is 749. The van der Waals surface area contributed by atoms with Crippen molar-refractivity contribution in [3.05, 3.63) is 58.9 Å². The van der Waals surface area contributed by atoms with E-state index in [1.165, 1.54) is 30.0 Å². The summed E-state index contributed by atoms with van der Waals surface area (Å²) in [6, 6.07) is 10.9. The van der Waals surface area contributed by atoms with Crippen LogP contribution in [0.4, 0.5) is 15.8 Å². The van der Waals surface area contributed by atoms with Crippen molar-refractivity contribution < 1.29 is 14.0 Å². The first-order valence-corrected chi connectivity index (χ1v) is 7.35. The fourth-order valence-electron chi connectivity index (χ4n) is 2.14. The lowest BCUT2D eigenvalue weighted by Crippen LogP contribution is -2.37. The summed E-state index contributed by atoms with van der Waals surface area (Å²) in [7, 11) is 0. The fourth-order valence-corrected chi connectivity index (χ4v) is 2.30. The Balaban J connectivity index is 2.20. The third-order valence-corrected chi connectivity index (χ3v) is 3.53. The highest BCUT2D eigenvalue weighted by molar-refractivity contribution is 6.31. The van der Waals surface area contributed by atoms with Gasteiger partial charge < -0.3 is 10.2 Å². The van der Waals surface area contributed by atoms with E-state index in [1.807, 2.05) is 6.92 Å². The van der Waals surface area contributed by atoms with Crippen molar-refractivity contribution in [1.82, 2.24) is 0 Å². The summed E-state index contributed by atoms with van der Waals surface area (Å²) in [4.78, 5) is 25.3. The summed E-state index contributed by atoms with van der Waals surface area (Å²) >= 11 is 5.96. The standard InChI is InChI=1S/C17H16ClFN2O2/c1-11-7-8-13(18)9-16(11)21(12(2)22)10-17(23)20-15-6-4-3-5-14(15)19/h3-9H,10H2,1-2H3,(H,20,23). The number of aryl methyl sites for hydroxylation is 1. The number of nitrogens with zero attached hydrogens (tertiary/aromatic N) is 1. The molecule has 0 aliphatic rings. The van der Waals surface area contributed by atoms with Gasteiger partial charge in [0.15, 0.2) is 0 Å². The first-order valence-electron chi connectivity index (χ1n) is 6.97. The summed E-state index contributed by atoms with van der Waals surface area (Å²) in [5, 5.41) is 2.92. The molecule has 0 aromatic heterocycles. The molecule has 0 heterocycles. The van der Waals surface area contributed by atoms with E-state index in [4.69, 9.17) is 11.6 Å². The second kappa shape index (κ2) is 7.24. The molecule has 0 saturated carbocycles. The number of anilines is 2. The maximum atomic E-state index is 13.6. The van der Waals surface area contributed by atoms with E-state index in [0.29, 0.717) is 10.7 Å². The van der Waals surface area contributed by atoms with Crippen LogP contribution in [0.2, 0.25) is 5.02 Å². The number of rotatable bonds is 4. The Labute approximate surface area is 138 Å². The minimum atomic E-state index is -0.533. The normalized spacial score (nSPS) is 10.3. The molecule has 4 nitrogen and oxygen atoms in total. The van der Waals surface area contributed by atoms with E-state index in [0.717, 1.165) is 5.56 Å². The van der Waals surface area contributed by atoms with Crippen LogP contribution in [0.5, 0.6) is 0 Å². The van der Waals surface area contributed by atoms with Gasteiger partial charge in [-0.3, -0.25) is 9.59 Å². The number of nitrogens with one attached hydrogen (secondary N) is 1. The van der Waals surface area contributed by atoms with Gasteiger partial charge in [-0.15, -0.1) is 0 Å². The van der Waals surface area contributed by atoms with Gasteiger partial charge in [-0.25, -0.2) is 4.39 Å². The molecule has 120 valence electrons. The van der Waals surface area contributed by atoms with E-state index >= 15 is 0 Å². The highest BCUT2D eigenvalue weighted by Gasteiger charge is 2.18. The predicted molar refractivity (Wildman–Crippen MR) is 89.2 cm³/mol. The first-order chi connectivity index (χ1) is 10.9. The summed E-state index contributed by atoms with van der Waals surface area (Å²) in [5.74, 6) is -1.34. The Morgan fingerprint density at radius 1 is 1.22 bits per heavy atom. The maximum absolute atomic E-state index is 13.6. The number of hydrogen-bond donors (Lipinski definition) is 1. The lowest BCUT2D eigenvalue weighted by molar-refractivity contribution is -0.120. The number of amides is 2. The van der Waals surface area contributed by atoms with Gasteiger partial charge in [0.2, 0.25) is 11.8 Å². The molecule has 0 aliphatic carbocycles. The molecule has 0 fully saturated rings. The molecule has 0 bridgehead atoms. The van der Waals surface area contributed by atoms with Crippen LogP contribution in [-0.2, 0) is 9.59 Å². The smallest absolute Gasteiger partial charge is 0.244 e. The molecular weight excluding hydrogens is 319 g/mol. The van der Waals surface area contributed by atoms with Gasteiger partial charge in [-0.1, -0.05) is 29.8 Å². The minimum Gasteiger partial charge on any atom is -0.322 e. The molecule has 0 unspecified atom stereocenters. The third kappa shape index (κ3) is 4.29. The van der Waals surface area contributed by atoms with Gasteiger partial charge in [-0.05, 0) is 36.8 Å². The Morgan fingerprint density at radius 2 is 1.91 bits per heavy atom. The highest BCUT2D eigenvalue weighted by atomic mass is 35.5. The molecule has 0 spiro atoms. The topological polar surface area (TPSA) is 49.4 Å². The van der Waals surface area contributed by atoms with E-state index in [1.54, 1.807) is 24.3 Å². The van der Waals surface area contributed by atoms with Crippen molar-refractivity contribution in [1.29, 1.82) is 0 Å². The summed E-state index contributed by atoms with van der Waals surface area (Å²) in [5.41, 5.74) is 1.43. The Kier molecular flexibility index (Phi) is 5.34. The zero-order valence-corrected chi connectivity index (χ0v) is 13.5. The van der Waals surface area contributed by atoms with E-state index in [9.17, 15) is 14.0 Å². The fraction of sp³-hybridized carbons (Fsp3) is 0.176. The molecule has 23 heavy (non-hydrogen) atoms. The van der Waals surface area contributed by atoms with Crippen LogP contribution in [0.25, 0.3) is 0 Å². The average Bonchev–Trinajstić information content (AvgIpc) is 2.49. The zero-order chi connectivity index (χ0) is 17.0. The summed E-state index contributed by atoms with van der Waals surface area (Å²) in [6.07, 6.45) is 0. The highest BCUT2D eigenvalue weighted by Crippen LogP contribution is 2.24. The lowest BCUT2D eigenvalue weighted by atomic mass is 10.1. The largest absolute Gasteiger partial charge is 0.322 e. The molecule has 0 atom stereocenters. The van der Waals surface area contributed by atoms with Crippen LogP contribution in [-0.4, -0.2) is 18.4 Å². The monoisotopic (exact) mass is 334 g/mol. The summed E-state index contributed by atoms with van der Waals surface area (Å²) < 4.78 is 13.6. The van der Waals surface area contributed by atoms with E-state index in [2.05, 4.69) is 5.32 Å².